The van der Waals surface area contributed by atoms with Gasteiger partial charge in [-0.3, -0.25) is 4.99 Å². The lowest BCUT2D eigenvalue weighted by molar-refractivity contribution is 0.415. The number of aliphatic imine (C=N–C) groups is 1. The Morgan fingerprint density at radius 1 is 0.741 bits per heavy atom. The maximum Gasteiger partial charge on any atom is 0.119 e. The summed E-state index contributed by atoms with van der Waals surface area (Å²) in [6.45, 7) is 0. The summed E-state index contributed by atoms with van der Waals surface area (Å²) in [5.74, 6) is 0.847. The van der Waals surface area contributed by atoms with Crippen molar-refractivity contribution in [2.45, 2.75) is 0 Å². The van der Waals surface area contributed by atoms with Crippen LogP contribution >= 0.6 is 0 Å². The molecule has 0 radical (unpaired) electrons. The fraction of sp³-hybridized carbons (Fsp3) is 0.0417. The predicted octanol–water partition coefficient (Wildman–Crippen LogP) is 5.90. The molecule has 27 heavy (non-hydrogen) atoms. The summed E-state index contributed by atoms with van der Waals surface area (Å²) in [6.07, 6.45) is 3.92. The molecular formula is C24H20N2O. The van der Waals surface area contributed by atoms with Gasteiger partial charge in [0.15, 0.2) is 0 Å². The number of aromatic nitrogens is 1. The minimum absolute atomic E-state index is 0.847. The Morgan fingerprint density at radius 3 is 2.15 bits per heavy atom. The van der Waals surface area contributed by atoms with Gasteiger partial charge in [0.1, 0.15) is 5.75 Å². The van der Waals surface area contributed by atoms with Gasteiger partial charge in [0.2, 0.25) is 0 Å². The number of rotatable bonds is 5. The average Bonchev–Trinajstić information content (AvgIpc) is 3.22. The molecule has 0 fully saturated rings. The van der Waals surface area contributed by atoms with Crippen LogP contribution in [0.4, 0.5) is 5.69 Å². The molecule has 132 valence electrons. The van der Waals surface area contributed by atoms with E-state index < -0.39 is 0 Å². The van der Waals surface area contributed by atoms with E-state index in [9.17, 15) is 0 Å². The summed E-state index contributed by atoms with van der Waals surface area (Å²) >= 11 is 0. The van der Waals surface area contributed by atoms with Crippen molar-refractivity contribution in [3.8, 4) is 22.6 Å². The van der Waals surface area contributed by atoms with Crippen LogP contribution in [-0.2, 0) is 0 Å². The third kappa shape index (κ3) is 3.82. The maximum absolute atomic E-state index is 5.23. The van der Waals surface area contributed by atoms with Gasteiger partial charge in [-0.2, -0.15) is 0 Å². The third-order valence-electron chi connectivity index (χ3n) is 4.45. The first-order valence-corrected chi connectivity index (χ1v) is 8.85. The summed E-state index contributed by atoms with van der Waals surface area (Å²) in [6, 6.07) is 30.7. The zero-order valence-corrected chi connectivity index (χ0v) is 15.1. The van der Waals surface area contributed by atoms with E-state index in [0.717, 1.165) is 22.8 Å². The monoisotopic (exact) mass is 352 g/mol. The molecular weight excluding hydrogens is 332 g/mol. The molecule has 3 heteroatoms. The highest BCUT2D eigenvalue weighted by Crippen LogP contribution is 2.22. The van der Waals surface area contributed by atoms with Crippen LogP contribution in [0.1, 0.15) is 5.69 Å². The molecule has 0 N–H and O–H groups in total. The maximum atomic E-state index is 5.23. The molecule has 0 amide bonds. The molecule has 3 nitrogen and oxygen atoms in total. The Morgan fingerprint density at radius 2 is 1.44 bits per heavy atom. The van der Waals surface area contributed by atoms with Crippen LogP contribution in [0, 0.1) is 0 Å². The fourth-order valence-electron chi connectivity index (χ4n) is 2.99. The molecule has 1 aromatic heterocycles. The van der Waals surface area contributed by atoms with Crippen molar-refractivity contribution < 1.29 is 4.74 Å². The van der Waals surface area contributed by atoms with Crippen molar-refractivity contribution in [3.63, 3.8) is 0 Å². The first-order chi connectivity index (χ1) is 13.3. The zero-order valence-electron chi connectivity index (χ0n) is 15.1. The van der Waals surface area contributed by atoms with Crippen LogP contribution in [-0.4, -0.2) is 17.9 Å². The number of ether oxygens (including phenoxy) is 1. The van der Waals surface area contributed by atoms with E-state index in [0.29, 0.717) is 0 Å². The minimum atomic E-state index is 0.847. The van der Waals surface area contributed by atoms with Gasteiger partial charge in [-0.1, -0.05) is 42.5 Å². The summed E-state index contributed by atoms with van der Waals surface area (Å²) < 4.78 is 7.33. The Kier molecular flexibility index (Phi) is 4.84. The van der Waals surface area contributed by atoms with Crippen LogP contribution in [0.5, 0.6) is 5.75 Å². The second-order valence-corrected chi connectivity index (χ2v) is 6.17. The molecule has 4 rings (SSSR count). The van der Waals surface area contributed by atoms with Gasteiger partial charge in [0, 0.05) is 11.9 Å². The highest BCUT2D eigenvalue weighted by Gasteiger charge is 2.02. The topological polar surface area (TPSA) is 26.5 Å². The first-order valence-electron chi connectivity index (χ1n) is 8.85. The highest BCUT2D eigenvalue weighted by atomic mass is 16.5. The molecule has 0 saturated carbocycles. The van der Waals surface area contributed by atoms with Crippen LogP contribution in [0.25, 0.3) is 16.8 Å². The molecule has 0 aliphatic rings. The van der Waals surface area contributed by atoms with Gasteiger partial charge in [0.05, 0.1) is 24.7 Å². The average molecular weight is 352 g/mol. The van der Waals surface area contributed by atoms with Crippen molar-refractivity contribution in [3.05, 3.63) is 103 Å². The van der Waals surface area contributed by atoms with E-state index in [2.05, 4.69) is 46.0 Å². The Bertz CT molecular complexity index is 1030. The predicted molar refractivity (Wildman–Crippen MR) is 111 cm³/mol. The number of hydrogen-bond donors (Lipinski definition) is 0. The number of hydrogen-bond acceptors (Lipinski definition) is 2. The molecule has 0 atom stereocenters. The largest absolute Gasteiger partial charge is 0.497 e. The van der Waals surface area contributed by atoms with Crippen molar-refractivity contribution in [1.29, 1.82) is 0 Å². The first kappa shape index (κ1) is 16.9. The fourth-order valence-corrected chi connectivity index (χ4v) is 2.99. The summed E-state index contributed by atoms with van der Waals surface area (Å²) in [4.78, 5) is 4.63. The quantitative estimate of drug-likeness (QED) is 0.411. The normalized spacial score (nSPS) is 11.0. The molecule has 3 aromatic carbocycles. The molecule has 4 aromatic rings. The van der Waals surface area contributed by atoms with E-state index in [4.69, 9.17) is 4.74 Å². The van der Waals surface area contributed by atoms with Gasteiger partial charge < -0.3 is 9.30 Å². The highest BCUT2D eigenvalue weighted by molar-refractivity contribution is 5.81. The third-order valence-corrected chi connectivity index (χ3v) is 4.45. The molecule has 0 saturated heterocycles. The number of nitrogens with zero attached hydrogens (tertiary/aromatic N) is 2. The number of methoxy groups -OCH3 is 1. The molecule has 1 heterocycles. The lowest BCUT2D eigenvalue weighted by atomic mass is 10.1. The van der Waals surface area contributed by atoms with E-state index in [1.165, 1.54) is 11.1 Å². The van der Waals surface area contributed by atoms with E-state index in [-0.39, 0.29) is 0 Å². The van der Waals surface area contributed by atoms with Crippen molar-refractivity contribution >= 4 is 11.9 Å². The molecule has 0 unspecified atom stereocenters. The van der Waals surface area contributed by atoms with Gasteiger partial charge in [-0.15, -0.1) is 0 Å². The molecule has 0 bridgehead atoms. The smallest absolute Gasteiger partial charge is 0.119 e. The Balaban J connectivity index is 1.54. The molecule has 0 spiro atoms. The van der Waals surface area contributed by atoms with Crippen LogP contribution < -0.4 is 4.74 Å². The second kappa shape index (κ2) is 7.75. The van der Waals surface area contributed by atoms with E-state index in [1.54, 1.807) is 7.11 Å². The Labute approximate surface area is 159 Å². The standard InChI is InChI=1S/C24H20N2O/c1-27-24-15-13-22(14-16-24)26-17-5-8-23(26)18-25-21-11-9-20(10-12-21)19-6-3-2-4-7-19/h2-18H,1H3. The van der Waals surface area contributed by atoms with Crippen molar-refractivity contribution in [2.24, 2.45) is 4.99 Å². The second-order valence-electron chi connectivity index (χ2n) is 6.17. The minimum Gasteiger partial charge on any atom is -0.497 e. The van der Waals surface area contributed by atoms with Crippen LogP contribution in [0.15, 0.2) is 102 Å². The Hall–Kier alpha value is -3.59. The summed E-state index contributed by atoms with van der Waals surface area (Å²) in [7, 11) is 1.67. The van der Waals surface area contributed by atoms with Crippen LogP contribution in [0.2, 0.25) is 0 Å². The van der Waals surface area contributed by atoms with Gasteiger partial charge in [-0.05, 0) is 59.7 Å². The SMILES string of the molecule is COc1ccc(-n2cccc2C=Nc2ccc(-c3ccccc3)cc2)cc1. The summed E-state index contributed by atoms with van der Waals surface area (Å²) in [5, 5.41) is 0. The lowest BCUT2D eigenvalue weighted by Gasteiger charge is -2.07. The van der Waals surface area contributed by atoms with Crippen LogP contribution in [0.3, 0.4) is 0 Å². The van der Waals surface area contributed by atoms with Gasteiger partial charge in [-0.25, -0.2) is 0 Å². The summed E-state index contributed by atoms with van der Waals surface area (Å²) in [5.41, 5.74) is 5.42. The van der Waals surface area contributed by atoms with E-state index >= 15 is 0 Å². The lowest BCUT2D eigenvalue weighted by Crippen LogP contribution is -1.97. The number of benzene rings is 3. The van der Waals surface area contributed by atoms with Crippen molar-refractivity contribution in [1.82, 2.24) is 4.57 Å². The zero-order chi connectivity index (χ0) is 18.5. The molecule has 0 aliphatic carbocycles. The van der Waals surface area contributed by atoms with E-state index in [1.807, 2.05) is 67.0 Å². The molecule has 0 aliphatic heterocycles. The van der Waals surface area contributed by atoms with Gasteiger partial charge >= 0.3 is 0 Å². The van der Waals surface area contributed by atoms with Crippen molar-refractivity contribution in [2.75, 3.05) is 7.11 Å². The van der Waals surface area contributed by atoms with Gasteiger partial charge in [0.25, 0.3) is 0 Å².